The molecule has 1 aromatic carbocycles. The van der Waals surface area contributed by atoms with Gasteiger partial charge < -0.3 is 10.1 Å². The van der Waals surface area contributed by atoms with Crippen molar-refractivity contribution in [1.29, 1.82) is 0 Å². The molecule has 3 heteroatoms. The first kappa shape index (κ1) is 14.1. The van der Waals surface area contributed by atoms with E-state index in [1.165, 1.54) is 22.3 Å². The number of hydrogen-bond donors (Lipinski definition) is 1. The zero-order valence-electron chi connectivity index (χ0n) is 12.9. The fourth-order valence-corrected chi connectivity index (χ4v) is 3.10. The van der Waals surface area contributed by atoms with E-state index in [1.54, 1.807) is 0 Å². The number of aryl methyl sites for hydroxylation is 1. The molecule has 0 spiro atoms. The minimum absolute atomic E-state index is 0.530. The average molecular weight is 282 g/mol. The molecule has 3 nitrogen and oxygen atoms in total. The number of hydrogen-bond acceptors (Lipinski definition) is 3. The minimum Gasteiger partial charge on any atom is -0.493 e. The van der Waals surface area contributed by atoms with E-state index in [9.17, 15) is 0 Å². The van der Waals surface area contributed by atoms with Crippen molar-refractivity contribution < 1.29 is 4.74 Å². The van der Waals surface area contributed by atoms with Crippen molar-refractivity contribution in [2.45, 2.75) is 26.2 Å². The number of likely N-dealkylation sites (N-methyl/N-ethyl adjacent to an activating group) is 1. The Morgan fingerprint density at radius 3 is 2.90 bits per heavy atom. The van der Waals surface area contributed by atoms with Gasteiger partial charge in [0.2, 0.25) is 0 Å². The molecule has 0 aliphatic carbocycles. The van der Waals surface area contributed by atoms with Crippen molar-refractivity contribution in [2.24, 2.45) is 0 Å². The molecule has 0 bridgehead atoms. The second-order valence-electron chi connectivity index (χ2n) is 5.68. The zero-order chi connectivity index (χ0) is 14.8. The van der Waals surface area contributed by atoms with Crippen molar-refractivity contribution in [1.82, 2.24) is 10.3 Å². The van der Waals surface area contributed by atoms with Gasteiger partial charge in [-0.3, -0.25) is 4.98 Å². The number of pyridine rings is 1. The highest BCUT2D eigenvalue weighted by molar-refractivity contribution is 5.75. The number of rotatable bonds is 3. The third-order valence-corrected chi connectivity index (χ3v) is 4.39. The fraction of sp³-hybridized carbons (Fsp3) is 0.389. The molecule has 0 saturated heterocycles. The van der Waals surface area contributed by atoms with Crippen molar-refractivity contribution in [3.8, 4) is 16.9 Å². The Balaban J connectivity index is 2.13. The van der Waals surface area contributed by atoms with E-state index < -0.39 is 0 Å². The predicted octanol–water partition coefficient (Wildman–Crippen LogP) is 3.45. The fourth-order valence-electron chi connectivity index (χ4n) is 3.10. The van der Waals surface area contributed by atoms with Gasteiger partial charge in [0, 0.05) is 29.9 Å². The molecule has 1 atom stereocenters. The Bertz CT molecular complexity index is 652. The van der Waals surface area contributed by atoms with Crippen LogP contribution in [0.2, 0.25) is 0 Å². The zero-order valence-corrected chi connectivity index (χ0v) is 12.9. The summed E-state index contributed by atoms with van der Waals surface area (Å²) in [5, 5.41) is 3.29. The first-order valence-electron chi connectivity index (χ1n) is 7.55. The third kappa shape index (κ3) is 2.54. The second kappa shape index (κ2) is 5.86. The highest BCUT2D eigenvalue weighted by atomic mass is 16.5. The van der Waals surface area contributed by atoms with Crippen molar-refractivity contribution >= 4 is 0 Å². The van der Waals surface area contributed by atoms with Crippen LogP contribution in [0.1, 0.15) is 29.2 Å². The lowest BCUT2D eigenvalue weighted by molar-refractivity contribution is 0.267. The van der Waals surface area contributed by atoms with Crippen LogP contribution in [0.15, 0.2) is 30.5 Å². The Hall–Kier alpha value is -1.87. The number of benzene rings is 1. The summed E-state index contributed by atoms with van der Waals surface area (Å²) in [6.45, 7) is 5.97. The first-order chi connectivity index (χ1) is 10.2. The molecule has 21 heavy (non-hydrogen) atoms. The minimum atomic E-state index is 0.530. The van der Waals surface area contributed by atoms with Gasteiger partial charge in [0.05, 0.1) is 6.61 Å². The summed E-state index contributed by atoms with van der Waals surface area (Å²) in [7, 11) is 2.01. The summed E-state index contributed by atoms with van der Waals surface area (Å²) in [6.07, 6.45) is 2.95. The monoisotopic (exact) mass is 282 g/mol. The van der Waals surface area contributed by atoms with E-state index in [2.05, 4.69) is 48.4 Å². The van der Waals surface area contributed by atoms with Crippen molar-refractivity contribution in [2.75, 3.05) is 20.2 Å². The van der Waals surface area contributed by atoms with Crippen LogP contribution in [-0.4, -0.2) is 25.2 Å². The van der Waals surface area contributed by atoms with E-state index in [0.29, 0.717) is 5.92 Å². The molecule has 1 aliphatic rings. The van der Waals surface area contributed by atoms with Crippen LogP contribution in [0.3, 0.4) is 0 Å². The highest BCUT2D eigenvalue weighted by Gasteiger charge is 2.24. The number of nitrogens with one attached hydrogen (secondary N) is 1. The maximum absolute atomic E-state index is 6.03. The Kier molecular flexibility index (Phi) is 3.93. The second-order valence-corrected chi connectivity index (χ2v) is 5.68. The van der Waals surface area contributed by atoms with Gasteiger partial charge in [0.15, 0.2) is 0 Å². The van der Waals surface area contributed by atoms with E-state index >= 15 is 0 Å². The summed E-state index contributed by atoms with van der Waals surface area (Å²) < 4.78 is 6.03. The Labute approximate surface area is 126 Å². The molecule has 0 unspecified atom stereocenters. The van der Waals surface area contributed by atoms with Gasteiger partial charge in [-0.1, -0.05) is 18.2 Å². The van der Waals surface area contributed by atoms with Gasteiger partial charge in [-0.05, 0) is 50.1 Å². The average Bonchev–Trinajstić information content (AvgIpc) is 2.50. The lowest BCUT2D eigenvalue weighted by Gasteiger charge is -2.28. The number of ether oxygens (including phenoxy) is 1. The van der Waals surface area contributed by atoms with Gasteiger partial charge in [0.1, 0.15) is 5.75 Å². The quantitative estimate of drug-likeness (QED) is 0.936. The van der Waals surface area contributed by atoms with E-state index in [-0.39, 0.29) is 0 Å². The smallest absolute Gasteiger partial charge is 0.130 e. The molecule has 0 fully saturated rings. The van der Waals surface area contributed by atoms with Gasteiger partial charge in [0.25, 0.3) is 0 Å². The molecular formula is C18H22N2O. The molecular weight excluding hydrogens is 260 g/mol. The van der Waals surface area contributed by atoms with Gasteiger partial charge in [-0.25, -0.2) is 0 Å². The molecule has 1 aliphatic heterocycles. The summed E-state index contributed by atoms with van der Waals surface area (Å²) in [4.78, 5) is 4.37. The van der Waals surface area contributed by atoms with Gasteiger partial charge in [-0.15, -0.1) is 0 Å². The number of para-hydroxylation sites is 1. The van der Waals surface area contributed by atoms with E-state index in [0.717, 1.165) is 31.0 Å². The Morgan fingerprint density at radius 2 is 2.10 bits per heavy atom. The van der Waals surface area contributed by atoms with Crippen LogP contribution in [0, 0.1) is 13.8 Å². The third-order valence-electron chi connectivity index (χ3n) is 4.39. The van der Waals surface area contributed by atoms with Gasteiger partial charge in [-0.2, -0.15) is 0 Å². The lowest BCUT2D eigenvalue weighted by Crippen LogP contribution is -2.23. The van der Waals surface area contributed by atoms with Crippen LogP contribution in [0.4, 0.5) is 0 Å². The first-order valence-corrected chi connectivity index (χ1v) is 7.55. The summed E-state index contributed by atoms with van der Waals surface area (Å²) in [5.74, 6) is 1.58. The number of nitrogens with zero attached hydrogens (tertiary/aromatic N) is 1. The predicted molar refractivity (Wildman–Crippen MR) is 85.9 cm³/mol. The summed E-state index contributed by atoms with van der Waals surface area (Å²) in [6, 6.07) is 8.58. The maximum atomic E-state index is 6.03. The molecule has 2 aromatic rings. The molecule has 3 rings (SSSR count). The molecule has 2 heterocycles. The molecule has 1 N–H and O–H groups in total. The van der Waals surface area contributed by atoms with Crippen LogP contribution in [-0.2, 0) is 0 Å². The SMILES string of the molecule is CNC[C@@H]1CCOc2c(-c3ccnc(C)c3C)cccc21. The number of aromatic nitrogens is 1. The van der Waals surface area contributed by atoms with Crippen molar-refractivity contribution in [3.05, 3.63) is 47.3 Å². The lowest BCUT2D eigenvalue weighted by atomic mass is 9.88. The molecule has 0 amide bonds. The molecule has 1 aromatic heterocycles. The molecule has 0 radical (unpaired) electrons. The summed E-state index contributed by atoms with van der Waals surface area (Å²) >= 11 is 0. The van der Waals surface area contributed by atoms with Gasteiger partial charge >= 0.3 is 0 Å². The highest BCUT2D eigenvalue weighted by Crippen LogP contribution is 2.41. The normalized spacial score (nSPS) is 17.2. The van der Waals surface area contributed by atoms with E-state index in [1.807, 2.05) is 13.2 Å². The molecule has 0 saturated carbocycles. The van der Waals surface area contributed by atoms with Crippen molar-refractivity contribution in [3.63, 3.8) is 0 Å². The van der Waals surface area contributed by atoms with Crippen LogP contribution < -0.4 is 10.1 Å². The van der Waals surface area contributed by atoms with Crippen LogP contribution in [0.5, 0.6) is 5.75 Å². The number of fused-ring (bicyclic) bond motifs is 1. The summed E-state index contributed by atoms with van der Waals surface area (Å²) in [5.41, 5.74) is 6.04. The van der Waals surface area contributed by atoms with E-state index in [4.69, 9.17) is 4.74 Å². The standard InChI is InChI=1S/C18H22N2O/c1-12-13(2)20-9-7-15(12)17-6-4-5-16-14(11-19-3)8-10-21-18(16)17/h4-7,9,14,19H,8,10-11H2,1-3H3/t14-/m0/s1. The molecule has 110 valence electrons. The van der Waals surface area contributed by atoms with Crippen LogP contribution in [0.25, 0.3) is 11.1 Å². The Morgan fingerprint density at radius 1 is 1.24 bits per heavy atom. The van der Waals surface area contributed by atoms with Crippen LogP contribution >= 0.6 is 0 Å². The largest absolute Gasteiger partial charge is 0.493 e. The maximum Gasteiger partial charge on any atom is 0.130 e. The topological polar surface area (TPSA) is 34.1 Å².